The molecule has 3 rings (SSSR count). The fourth-order valence-corrected chi connectivity index (χ4v) is 3.45. The number of benzene rings is 1. The summed E-state index contributed by atoms with van der Waals surface area (Å²) in [5.41, 5.74) is 0.605. The van der Waals surface area contributed by atoms with Crippen molar-refractivity contribution < 1.29 is 14.3 Å². The maximum Gasteiger partial charge on any atom is 0.317 e. The Labute approximate surface area is 136 Å². The number of hydrogen-bond acceptors (Lipinski definition) is 3. The summed E-state index contributed by atoms with van der Waals surface area (Å²) < 4.78 is 13.9. The Hall–Kier alpha value is -1.82. The summed E-state index contributed by atoms with van der Waals surface area (Å²) in [6.45, 7) is 2.88. The van der Waals surface area contributed by atoms with E-state index in [0.717, 1.165) is 25.8 Å². The third kappa shape index (κ3) is 3.75. The van der Waals surface area contributed by atoms with Crippen molar-refractivity contribution in [3.63, 3.8) is 0 Å². The van der Waals surface area contributed by atoms with Gasteiger partial charge in [0.1, 0.15) is 5.82 Å². The van der Waals surface area contributed by atoms with Gasteiger partial charge in [-0.15, -0.1) is 0 Å². The van der Waals surface area contributed by atoms with Gasteiger partial charge in [-0.05, 0) is 31.4 Å². The zero-order chi connectivity index (χ0) is 16.2. The second kappa shape index (κ2) is 7.17. The van der Waals surface area contributed by atoms with Crippen molar-refractivity contribution in [3.05, 3.63) is 30.1 Å². The third-order valence-electron chi connectivity index (χ3n) is 4.77. The highest BCUT2D eigenvalue weighted by molar-refractivity contribution is 5.75. The monoisotopic (exact) mass is 321 g/mol. The summed E-state index contributed by atoms with van der Waals surface area (Å²) in [5.74, 6) is -0.0215. The van der Waals surface area contributed by atoms with Crippen molar-refractivity contribution >= 4 is 11.7 Å². The number of piperidine rings is 1. The standard InChI is InChI=1S/C17H24FN3O2/c18-15-5-1-2-6-16(15)20-8-3-4-14(11-20)19-17(23)21-9-7-13(10-21)12-22/h1-2,5-6,13-14,22H,3-4,7-12H2,(H,19,23). The molecule has 2 atom stereocenters. The maximum atomic E-state index is 13.9. The fourth-order valence-electron chi connectivity index (χ4n) is 3.45. The van der Waals surface area contributed by atoms with E-state index >= 15 is 0 Å². The summed E-state index contributed by atoms with van der Waals surface area (Å²) in [6.07, 6.45) is 2.70. The number of hydrogen-bond donors (Lipinski definition) is 2. The van der Waals surface area contributed by atoms with E-state index in [1.54, 1.807) is 17.0 Å². The van der Waals surface area contributed by atoms with E-state index in [-0.39, 0.29) is 30.4 Å². The lowest BCUT2D eigenvalue weighted by atomic mass is 10.0. The SMILES string of the molecule is O=C(NC1CCCN(c2ccccc2F)C1)N1CCC(CO)C1. The van der Waals surface area contributed by atoms with Crippen molar-refractivity contribution in [3.8, 4) is 0 Å². The van der Waals surface area contributed by atoms with E-state index in [1.807, 2.05) is 11.0 Å². The number of urea groups is 1. The molecule has 23 heavy (non-hydrogen) atoms. The van der Waals surface area contributed by atoms with Gasteiger partial charge in [-0.25, -0.2) is 9.18 Å². The molecule has 0 spiro atoms. The first-order valence-corrected chi connectivity index (χ1v) is 8.33. The number of carbonyl (C=O) groups is 1. The van der Waals surface area contributed by atoms with Crippen LogP contribution in [0.15, 0.2) is 24.3 Å². The molecule has 6 heteroatoms. The molecule has 2 aliphatic heterocycles. The second-order valence-corrected chi connectivity index (χ2v) is 6.47. The number of amides is 2. The molecule has 2 saturated heterocycles. The second-order valence-electron chi connectivity index (χ2n) is 6.47. The first kappa shape index (κ1) is 16.1. The molecule has 2 aliphatic rings. The van der Waals surface area contributed by atoms with Gasteiger partial charge in [0, 0.05) is 44.7 Å². The van der Waals surface area contributed by atoms with Crippen LogP contribution in [0.2, 0.25) is 0 Å². The van der Waals surface area contributed by atoms with Crippen LogP contribution in [0.3, 0.4) is 0 Å². The van der Waals surface area contributed by atoms with E-state index in [0.29, 0.717) is 25.3 Å². The van der Waals surface area contributed by atoms with Crippen molar-refractivity contribution in [2.45, 2.75) is 25.3 Å². The molecule has 0 saturated carbocycles. The van der Waals surface area contributed by atoms with Crippen LogP contribution in [0.5, 0.6) is 0 Å². The average molecular weight is 321 g/mol. The van der Waals surface area contributed by atoms with Gasteiger partial charge in [0.25, 0.3) is 0 Å². The minimum atomic E-state index is -0.218. The highest BCUT2D eigenvalue weighted by Gasteiger charge is 2.29. The molecular weight excluding hydrogens is 297 g/mol. The van der Waals surface area contributed by atoms with Crippen molar-refractivity contribution in [2.75, 3.05) is 37.7 Å². The molecule has 1 aromatic rings. The van der Waals surface area contributed by atoms with E-state index in [9.17, 15) is 14.3 Å². The van der Waals surface area contributed by atoms with E-state index < -0.39 is 0 Å². The molecule has 0 aliphatic carbocycles. The predicted octanol–water partition coefficient (Wildman–Crippen LogP) is 1.82. The Kier molecular flexibility index (Phi) is 5.00. The third-order valence-corrected chi connectivity index (χ3v) is 4.77. The number of aliphatic hydroxyl groups excluding tert-OH is 1. The van der Waals surface area contributed by atoms with Gasteiger partial charge < -0.3 is 20.2 Å². The van der Waals surface area contributed by atoms with Crippen LogP contribution in [0.25, 0.3) is 0 Å². The van der Waals surface area contributed by atoms with Crippen LogP contribution in [0.4, 0.5) is 14.9 Å². The molecule has 1 aromatic carbocycles. The first-order chi connectivity index (χ1) is 11.2. The quantitative estimate of drug-likeness (QED) is 0.893. The van der Waals surface area contributed by atoms with Crippen LogP contribution >= 0.6 is 0 Å². The molecule has 0 radical (unpaired) electrons. The zero-order valence-corrected chi connectivity index (χ0v) is 13.2. The van der Waals surface area contributed by atoms with Gasteiger partial charge in [-0.2, -0.15) is 0 Å². The summed E-state index contributed by atoms with van der Waals surface area (Å²) in [7, 11) is 0. The first-order valence-electron chi connectivity index (χ1n) is 8.33. The lowest BCUT2D eigenvalue weighted by molar-refractivity contribution is 0.193. The largest absolute Gasteiger partial charge is 0.396 e. The van der Waals surface area contributed by atoms with Crippen molar-refractivity contribution in [2.24, 2.45) is 5.92 Å². The molecular formula is C17H24FN3O2. The number of nitrogens with one attached hydrogen (secondary N) is 1. The van der Waals surface area contributed by atoms with Gasteiger partial charge in [0.2, 0.25) is 0 Å². The summed E-state index contributed by atoms with van der Waals surface area (Å²) >= 11 is 0. The molecule has 2 unspecified atom stereocenters. The number of halogens is 1. The maximum absolute atomic E-state index is 13.9. The van der Waals surface area contributed by atoms with E-state index in [2.05, 4.69) is 5.32 Å². The molecule has 2 heterocycles. The summed E-state index contributed by atoms with van der Waals surface area (Å²) in [6, 6.07) is 6.74. The summed E-state index contributed by atoms with van der Waals surface area (Å²) in [4.78, 5) is 16.1. The normalized spacial score (nSPS) is 24.8. The highest BCUT2D eigenvalue weighted by atomic mass is 19.1. The number of aliphatic hydroxyl groups is 1. The predicted molar refractivity (Wildman–Crippen MR) is 86.9 cm³/mol. The Morgan fingerprint density at radius 3 is 2.83 bits per heavy atom. The average Bonchev–Trinajstić information content (AvgIpc) is 3.05. The number of carbonyl (C=O) groups excluding carboxylic acids is 1. The number of likely N-dealkylation sites (tertiary alicyclic amines) is 1. The Balaban J connectivity index is 1.57. The van der Waals surface area contributed by atoms with Crippen LogP contribution < -0.4 is 10.2 Å². The van der Waals surface area contributed by atoms with Gasteiger partial charge >= 0.3 is 6.03 Å². The van der Waals surface area contributed by atoms with Crippen LogP contribution in [-0.4, -0.2) is 54.9 Å². The minimum absolute atomic E-state index is 0.0315. The van der Waals surface area contributed by atoms with Crippen LogP contribution in [0.1, 0.15) is 19.3 Å². The molecule has 2 fully saturated rings. The van der Waals surface area contributed by atoms with Gasteiger partial charge in [0.05, 0.1) is 5.69 Å². The number of nitrogens with zero attached hydrogens (tertiary/aromatic N) is 2. The summed E-state index contributed by atoms with van der Waals surface area (Å²) in [5, 5.41) is 12.2. The molecule has 2 amide bonds. The molecule has 126 valence electrons. The number of anilines is 1. The lowest BCUT2D eigenvalue weighted by Gasteiger charge is -2.35. The Morgan fingerprint density at radius 1 is 1.26 bits per heavy atom. The molecule has 0 aromatic heterocycles. The smallest absolute Gasteiger partial charge is 0.317 e. The minimum Gasteiger partial charge on any atom is -0.396 e. The molecule has 0 bridgehead atoms. The van der Waals surface area contributed by atoms with Crippen LogP contribution in [-0.2, 0) is 0 Å². The topological polar surface area (TPSA) is 55.8 Å². The molecule has 5 nitrogen and oxygen atoms in total. The number of para-hydroxylation sites is 1. The van der Waals surface area contributed by atoms with Gasteiger partial charge in [-0.1, -0.05) is 12.1 Å². The lowest BCUT2D eigenvalue weighted by Crippen LogP contribution is -2.51. The van der Waals surface area contributed by atoms with E-state index in [4.69, 9.17) is 0 Å². The molecule has 2 N–H and O–H groups in total. The van der Waals surface area contributed by atoms with Crippen molar-refractivity contribution in [1.82, 2.24) is 10.2 Å². The number of rotatable bonds is 3. The highest BCUT2D eigenvalue weighted by Crippen LogP contribution is 2.23. The van der Waals surface area contributed by atoms with E-state index in [1.165, 1.54) is 6.07 Å². The fraction of sp³-hybridized carbons (Fsp3) is 0.588. The van der Waals surface area contributed by atoms with Gasteiger partial charge in [0.15, 0.2) is 0 Å². The Morgan fingerprint density at radius 2 is 2.09 bits per heavy atom. The van der Waals surface area contributed by atoms with Gasteiger partial charge in [-0.3, -0.25) is 0 Å². The zero-order valence-electron chi connectivity index (χ0n) is 13.2. The van der Waals surface area contributed by atoms with Crippen LogP contribution in [0, 0.1) is 11.7 Å². The van der Waals surface area contributed by atoms with Crippen molar-refractivity contribution in [1.29, 1.82) is 0 Å². The Bertz CT molecular complexity index is 554.